The summed E-state index contributed by atoms with van der Waals surface area (Å²) in [7, 11) is 0. The number of rotatable bonds is 0. The van der Waals surface area contributed by atoms with Crippen molar-refractivity contribution in [3.05, 3.63) is 0 Å². The van der Waals surface area contributed by atoms with Crippen molar-refractivity contribution >= 4 is 0 Å². The zero-order chi connectivity index (χ0) is 2.71. The van der Waals surface area contributed by atoms with Gasteiger partial charge in [0.25, 0.3) is 0 Å². The number of halogens is 4. The van der Waals surface area contributed by atoms with E-state index in [9.17, 15) is 0 Å². The molecule has 0 atom stereocenters. The Morgan fingerprint density at radius 2 is 0.750 bits per heavy atom. The second-order valence-corrected chi connectivity index (χ2v) is 0.0816. The summed E-state index contributed by atoms with van der Waals surface area (Å²) in [6.07, 6.45) is 0. The Morgan fingerprint density at radius 1 is 0.750 bits per heavy atom. The Labute approximate surface area is 90.8 Å². The second kappa shape index (κ2) is 65.6. The average Bonchev–Trinajstić information content (AvgIpc) is 0.918. The van der Waals surface area contributed by atoms with Crippen LogP contribution in [0.1, 0.15) is 0 Å². The van der Waals surface area contributed by atoms with Gasteiger partial charge in [-0.15, -0.1) is 0 Å². The molecule has 0 aromatic rings. The predicted molar refractivity (Wildman–Crippen MR) is 6.34 cm³/mol. The summed E-state index contributed by atoms with van der Waals surface area (Å²) in [5.41, 5.74) is 0. The van der Waals surface area contributed by atoms with E-state index < -0.39 is 0 Å². The van der Waals surface area contributed by atoms with E-state index in [0.717, 1.165) is 0 Å². The smallest absolute Gasteiger partial charge is 1.00 e. The van der Waals surface area contributed by atoms with Crippen molar-refractivity contribution in [3.63, 3.8) is 0 Å². The SMILES string of the molecule is OOO.[Cl-].[Cl-].[Cl-].[Cl-].[Zr+4]. The molecular weight excluding hydrogens is 281 g/mol. The molecule has 0 rings (SSSR count). The molecule has 8 heteroatoms. The second-order valence-electron chi connectivity index (χ2n) is 0.0816. The summed E-state index contributed by atoms with van der Waals surface area (Å²) in [6, 6.07) is 0. The summed E-state index contributed by atoms with van der Waals surface area (Å²) in [4.78, 5) is 0. The maximum Gasteiger partial charge on any atom is 4.00 e. The molecule has 0 spiro atoms. The van der Waals surface area contributed by atoms with Crippen LogP contribution in [0.15, 0.2) is 0 Å². The van der Waals surface area contributed by atoms with Crippen LogP contribution >= 0.6 is 0 Å². The molecule has 8 heavy (non-hydrogen) atoms. The Hall–Kier alpha value is 1.92. The van der Waals surface area contributed by atoms with Gasteiger partial charge in [-0.25, -0.2) is 10.5 Å². The first kappa shape index (κ1) is 51.3. The van der Waals surface area contributed by atoms with E-state index in [-0.39, 0.29) is 75.8 Å². The first-order valence-corrected chi connectivity index (χ1v) is 0.365. The van der Waals surface area contributed by atoms with Gasteiger partial charge in [-0.1, -0.05) is 5.04 Å². The van der Waals surface area contributed by atoms with Crippen molar-refractivity contribution < 1.29 is 91.4 Å². The minimum absolute atomic E-state index is 0. The summed E-state index contributed by atoms with van der Waals surface area (Å²) < 4.78 is 0. The van der Waals surface area contributed by atoms with Crippen LogP contribution in [0.25, 0.3) is 0 Å². The van der Waals surface area contributed by atoms with E-state index in [0.29, 0.717) is 0 Å². The van der Waals surface area contributed by atoms with E-state index in [4.69, 9.17) is 10.5 Å². The minimum Gasteiger partial charge on any atom is -1.00 e. The third-order valence-electron chi connectivity index (χ3n) is 0. The molecule has 0 aliphatic carbocycles. The van der Waals surface area contributed by atoms with Crippen molar-refractivity contribution in [2.24, 2.45) is 0 Å². The topological polar surface area (TPSA) is 49.7 Å². The Morgan fingerprint density at radius 3 is 0.750 bits per heavy atom. The zero-order valence-corrected chi connectivity index (χ0v) is 8.80. The van der Waals surface area contributed by atoms with E-state index in [1.54, 1.807) is 0 Å². The van der Waals surface area contributed by atoms with Crippen molar-refractivity contribution in [1.82, 2.24) is 0 Å². The molecular formula is H2Cl4O3Zr. The first-order chi connectivity index (χ1) is 1.41. The molecule has 52 valence electrons. The molecule has 0 fully saturated rings. The molecule has 0 saturated heterocycles. The third kappa shape index (κ3) is 103. The zero-order valence-electron chi connectivity index (χ0n) is 3.31. The summed E-state index contributed by atoms with van der Waals surface area (Å²) in [5, 5.41) is 15.5. The third-order valence-corrected chi connectivity index (χ3v) is 0. The molecule has 0 unspecified atom stereocenters. The van der Waals surface area contributed by atoms with E-state index in [1.165, 1.54) is 0 Å². The quantitative estimate of drug-likeness (QED) is 0.343. The molecule has 0 bridgehead atoms. The fourth-order valence-electron chi connectivity index (χ4n) is 0. The molecule has 0 aromatic carbocycles. The first-order valence-electron chi connectivity index (χ1n) is 0.365. The maximum absolute atomic E-state index is 6.62. The predicted octanol–water partition coefficient (Wildman–Crippen LogP) is -12.0. The van der Waals surface area contributed by atoms with E-state index in [1.807, 2.05) is 0 Å². The molecule has 2 N–H and O–H groups in total. The molecule has 0 radical (unpaired) electrons. The standard InChI is InChI=1S/4ClH.H2O3.Zr/c;;;;1-3-2;/h4*1H;1-2H;/q;;;;;+4/p-4. The summed E-state index contributed by atoms with van der Waals surface area (Å²) in [5.74, 6) is 0. The molecule has 0 amide bonds. The van der Waals surface area contributed by atoms with Gasteiger partial charge >= 0.3 is 26.2 Å². The van der Waals surface area contributed by atoms with Crippen LogP contribution in [-0.2, 0) is 31.2 Å². The van der Waals surface area contributed by atoms with Gasteiger partial charge in [-0.3, -0.25) is 0 Å². The minimum atomic E-state index is 0. The van der Waals surface area contributed by atoms with Crippen molar-refractivity contribution in [2.45, 2.75) is 0 Å². The van der Waals surface area contributed by atoms with Crippen LogP contribution < -0.4 is 49.6 Å². The van der Waals surface area contributed by atoms with Gasteiger partial charge in [-0.2, -0.15) is 0 Å². The fourth-order valence-corrected chi connectivity index (χ4v) is 0. The summed E-state index contributed by atoms with van der Waals surface area (Å²) in [6.45, 7) is 0. The van der Waals surface area contributed by atoms with Gasteiger partial charge in [0.2, 0.25) is 0 Å². The Bertz CT molecular complexity index is 11.2. The van der Waals surface area contributed by atoms with Crippen LogP contribution in [0.2, 0.25) is 0 Å². The molecule has 0 aliphatic rings. The van der Waals surface area contributed by atoms with Gasteiger partial charge in [0.1, 0.15) is 0 Å². The molecule has 3 nitrogen and oxygen atoms in total. The van der Waals surface area contributed by atoms with Crippen LogP contribution in [0.4, 0.5) is 0 Å². The number of hydrogen-bond donors (Lipinski definition) is 2. The van der Waals surface area contributed by atoms with Gasteiger partial charge in [0, 0.05) is 0 Å². The van der Waals surface area contributed by atoms with Crippen molar-refractivity contribution in [3.8, 4) is 0 Å². The average molecular weight is 283 g/mol. The van der Waals surface area contributed by atoms with Crippen LogP contribution in [0, 0.1) is 0 Å². The Balaban J connectivity index is -0.00000000200. The van der Waals surface area contributed by atoms with Gasteiger partial charge in [0.15, 0.2) is 0 Å². The fraction of sp³-hybridized carbons (Fsp3) is 0. The van der Waals surface area contributed by atoms with Crippen molar-refractivity contribution in [2.75, 3.05) is 0 Å². The van der Waals surface area contributed by atoms with Crippen molar-refractivity contribution in [1.29, 1.82) is 0 Å². The van der Waals surface area contributed by atoms with E-state index in [2.05, 4.69) is 5.04 Å². The van der Waals surface area contributed by atoms with Crippen LogP contribution in [-0.4, -0.2) is 10.5 Å². The molecule has 0 heterocycles. The summed E-state index contributed by atoms with van der Waals surface area (Å²) >= 11 is 0. The Kier molecular flexibility index (Phi) is 421. The van der Waals surface area contributed by atoms with Gasteiger partial charge < -0.3 is 49.6 Å². The molecule has 0 aliphatic heterocycles. The maximum atomic E-state index is 6.62. The van der Waals surface area contributed by atoms with E-state index >= 15 is 0 Å². The van der Waals surface area contributed by atoms with Gasteiger partial charge in [0.05, 0.1) is 0 Å². The number of hydrogen-bond acceptors (Lipinski definition) is 3. The monoisotopic (exact) mass is 280 g/mol. The largest absolute Gasteiger partial charge is 4.00 e. The molecule has 0 aromatic heterocycles. The molecule has 0 saturated carbocycles. The van der Waals surface area contributed by atoms with Crippen LogP contribution in [0.5, 0.6) is 0 Å². The van der Waals surface area contributed by atoms with Gasteiger partial charge in [-0.05, 0) is 0 Å². The normalized spacial score (nSPS) is 2.25. The van der Waals surface area contributed by atoms with Crippen LogP contribution in [0.3, 0.4) is 0 Å².